The lowest BCUT2D eigenvalue weighted by molar-refractivity contribution is -0.0669. The molecule has 2 heterocycles. The Hall–Kier alpha value is -1.60. The van der Waals surface area contributed by atoms with Crippen LogP contribution in [-0.2, 0) is 12.1 Å². The molecule has 2 aromatic rings. The fraction of sp³-hybridized carbons (Fsp3) is 0.524. The van der Waals surface area contributed by atoms with E-state index in [1.807, 2.05) is 18.2 Å². The summed E-state index contributed by atoms with van der Waals surface area (Å²) in [4.78, 5) is 10.8. The van der Waals surface area contributed by atoms with E-state index in [0.29, 0.717) is 40.4 Å². The molecule has 1 aromatic carbocycles. The van der Waals surface area contributed by atoms with Crippen LogP contribution in [0.3, 0.4) is 0 Å². The normalized spacial score (nSPS) is 26.9. The van der Waals surface area contributed by atoms with Gasteiger partial charge in [0.15, 0.2) is 0 Å². The van der Waals surface area contributed by atoms with E-state index in [1.54, 1.807) is 13.3 Å². The number of halogens is 2. The third-order valence-corrected chi connectivity index (χ3v) is 6.99. The zero-order valence-corrected chi connectivity index (χ0v) is 18.1. The van der Waals surface area contributed by atoms with Gasteiger partial charge in [-0.3, -0.25) is 4.90 Å². The van der Waals surface area contributed by atoms with E-state index in [4.69, 9.17) is 32.7 Å². The van der Waals surface area contributed by atoms with Crippen molar-refractivity contribution in [2.45, 2.75) is 31.4 Å². The molecule has 1 aliphatic carbocycles. The van der Waals surface area contributed by atoms with Crippen molar-refractivity contribution in [3.05, 3.63) is 45.6 Å². The molecule has 1 aliphatic heterocycles. The van der Waals surface area contributed by atoms with Gasteiger partial charge in [-0.15, -0.1) is 0 Å². The largest absolute Gasteiger partial charge is 0.481 e. The molecule has 0 unspecified atom stereocenters. The van der Waals surface area contributed by atoms with Gasteiger partial charge in [0, 0.05) is 47.4 Å². The van der Waals surface area contributed by atoms with Gasteiger partial charge in [0.05, 0.1) is 19.8 Å². The number of likely N-dealkylation sites (tertiary alicyclic amines) is 1. The van der Waals surface area contributed by atoms with Crippen LogP contribution < -0.4 is 9.47 Å². The highest BCUT2D eigenvalue weighted by atomic mass is 35.5. The molecule has 0 spiro atoms. The number of ether oxygens (including phenoxy) is 2. The molecule has 2 aliphatic rings. The molecule has 2 fully saturated rings. The van der Waals surface area contributed by atoms with Crippen molar-refractivity contribution in [1.82, 2.24) is 14.9 Å². The van der Waals surface area contributed by atoms with E-state index >= 15 is 0 Å². The second-order valence-electron chi connectivity index (χ2n) is 7.86. The number of hydrogen-bond donors (Lipinski definition) is 1. The summed E-state index contributed by atoms with van der Waals surface area (Å²) in [6.07, 6.45) is 4.31. The summed E-state index contributed by atoms with van der Waals surface area (Å²) in [6.45, 7) is 2.31. The van der Waals surface area contributed by atoms with Crippen LogP contribution in [0, 0.1) is 11.8 Å². The molecule has 3 atom stereocenters. The zero-order valence-electron chi connectivity index (χ0n) is 16.6. The Balaban J connectivity index is 1.61. The average Bonchev–Trinajstić information content (AvgIpc) is 3.15. The number of fused-ring (bicyclic) bond motifs is 1. The van der Waals surface area contributed by atoms with Gasteiger partial charge in [0.2, 0.25) is 5.88 Å². The minimum Gasteiger partial charge on any atom is -0.481 e. The standard InChI is InChI=1S/C21H25Cl2N3O3/c1-28-19-15(9-24-20(25-19)29-2)21(27)8-4-5-13-10-26(12-16(13)21)11-14-17(22)6-3-7-18(14)23/h3,6-7,9,13,16,27H,4-5,8,10-12H2,1-2H3/t13-,16+,21+/m0/s1. The quantitative estimate of drug-likeness (QED) is 0.764. The SMILES string of the molecule is COc1ncc([C@]2(O)CCC[C@H]3CN(Cc4c(Cl)cccc4Cl)C[C@H]32)c(OC)n1. The Morgan fingerprint density at radius 3 is 2.66 bits per heavy atom. The predicted octanol–water partition coefficient (Wildman–Crippen LogP) is 3.92. The Morgan fingerprint density at radius 2 is 1.97 bits per heavy atom. The van der Waals surface area contributed by atoms with Gasteiger partial charge < -0.3 is 14.6 Å². The number of nitrogens with zero attached hydrogens (tertiary/aromatic N) is 3. The average molecular weight is 438 g/mol. The summed E-state index contributed by atoms with van der Waals surface area (Å²) in [6, 6.07) is 5.80. The van der Waals surface area contributed by atoms with E-state index in [2.05, 4.69) is 14.9 Å². The highest BCUT2D eigenvalue weighted by molar-refractivity contribution is 6.35. The molecular weight excluding hydrogens is 413 g/mol. The second kappa shape index (κ2) is 8.26. The Bertz CT molecular complexity index is 877. The molecule has 29 heavy (non-hydrogen) atoms. The van der Waals surface area contributed by atoms with E-state index < -0.39 is 5.60 Å². The van der Waals surface area contributed by atoms with Crippen molar-refractivity contribution in [2.75, 3.05) is 27.3 Å². The maximum absolute atomic E-state index is 11.8. The molecule has 0 radical (unpaired) electrons. The van der Waals surface area contributed by atoms with E-state index in [-0.39, 0.29) is 11.9 Å². The lowest BCUT2D eigenvalue weighted by Crippen LogP contribution is -2.43. The fourth-order valence-corrected chi connectivity index (χ4v) is 5.40. The molecule has 0 amide bonds. The summed E-state index contributed by atoms with van der Waals surface area (Å²) in [5.74, 6) is 0.804. The molecule has 0 bridgehead atoms. The van der Waals surface area contributed by atoms with E-state index in [9.17, 15) is 5.11 Å². The Kier molecular flexibility index (Phi) is 5.89. The number of aromatic nitrogens is 2. The molecule has 6 nitrogen and oxygen atoms in total. The molecular formula is C21H25Cl2N3O3. The molecule has 1 saturated carbocycles. The minimum atomic E-state index is -1.04. The third kappa shape index (κ3) is 3.79. The van der Waals surface area contributed by atoms with Gasteiger partial charge in [-0.05, 0) is 37.3 Å². The zero-order chi connectivity index (χ0) is 20.6. The highest BCUT2D eigenvalue weighted by Crippen LogP contribution is 2.50. The van der Waals surface area contributed by atoms with E-state index in [0.717, 1.165) is 31.5 Å². The van der Waals surface area contributed by atoms with Gasteiger partial charge in [0.25, 0.3) is 0 Å². The van der Waals surface area contributed by atoms with Crippen LogP contribution in [0.25, 0.3) is 0 Å². The predicted molar refractivity (Wildman–Crippen MR) is 112 cm³/mol. The first kappa shape index (κ1) is 20.7. The van der Waals surface area contributed by atoms with Gasteiger partial charge in [-0.2, -0.15) is 4.98 Å². The first-order valence-electron chi connectivity index (χ1n) is 9.79. The van der Waals surface area contributed by atoms with Crippen LogP contribution in [0.2, 0.25) is 10.0 Å². The summed E-state index contributed by atoms with van der Waals surface area (Å²) in [7, 11) is 3.06. The maximum Gasteiger partial charge on any atom is 0.319 e. The molecule has 156 valence electrons. The molecule has 4 rings (SSSR count). The van der Waals surface area contributed by atoms with Crippen LogP contribution in [0.5, 0.6) is 11.9 Å². The van der Waals surface area contributed by atoms with Crippen molar-refractivity contribution in [3.8, 4) is 11.9 Å². The number of rotatable bonds is 5. The number of aliphatic hydroxyl groups is 1. The maximum atomic E-state index is 11.8. The Labute approximate surface area is 180 Å². The van der Waals surface area contributed by atoms with Crippen molar-refractivity contribution >= 4 is 23.2 Å². The van der Waals surface area contributed by atoms with Gasteiger partial charge in [-0.1, -0.05) is 29.3 Å². The number of hydrogen-bond acceptors (Lipinski definition) is 6. The van der Waals surface area contributed by atoms with Crippen molar-refractivity contribution in [2.24, 2.45) is 11.8 Å². The van der Waals surface area contributed by atoms with E-state index in [1.165, 1.54) is 7.11 Å². The number of methoxy groups -OCH3 is 2. The molecule has 1 aromatic heterocycles. The fourth-order valence-electron chi connectivity index (χ4n) is 4.89. The third-order valence-electron chi connectivity index (χ3n) is 6.28. The molecule has 1 saturated heterocycles. The van der Waals surface area contributed by atoms with Crippen LogP contribution in [0.15, 0.2) is 24.4 Å². The molecule has 1 N–H and O–H groups in total. The lowest BCUT2D eigenvalue weighted by atomic mass is 9.68. The van der Waals surface area contributed by atoms with Crippen LogP contribution >= 0.6 is 23.2 Å². The van der Waals surface area contributed by atoms with Crippen LogP contribution in [0.4, 0.5) is 0 Å². The summed E-state index contributed by atoms with van der Waals surface area (Å²) in [5, 5.41) is 13.1. The summed E-state index contributed by atoms with van der Waals surface area (Å²) in [5.41, 5.74) is 0.524. The lowest BCUT2D eigenvalue weighted by Gasteiger charge is -2.41. The van der Waals surface area contributed by atoms with Gasteiger partial charge in [-0.25, -0.2) is 4.98 Å². The van der Waals surface area contributed by atoms with Crippen LogP contribution in [0.1, 0.15) is 30.4 Å². The van der Waals surface area contributed by atoms with Gasteiger partial charge >= 0.3 is 6.01 Å². The van der Waals surface area contributed by atoms with Crippen LogP contribution in [-0.4, -0.2) is 47.3 Å². The topological polar surface area (TPSA) is 67.7 Å². The van der Waals surface area contributed by atoms with Crippen molar-refractivity contribution < 1.29 is 14.6 Å². The van der Waals surface area contributed by atoms with Crippen molar-refractivity contribution in [1.29, 1.82) is 0 Å². The summed E-state index contributed by atoms with van der Waals surface area (Å²) >= 11 is 12.8. The highest BCUT2D eigenvalue weighted by Gasteiger charge is 2.51. The monoisotopic (exact) mass is 437 g/mol. The van der Waals surface area contributed by atoms with Crippen molar-refractivity contribution in [3.63, 3.8) is 0 Å². The second-order valence-corrected chi connectivity index (χ2v) is 8.67. The smallest absolute Gasteiger partial charge is 0.319 e. The summed E-state index contributed by atoms with van der Waals surface area (Å²) < 4.78 is 10.6. The Morgan fingerprint density at radius 1 is 1.21 bits per heavy atom. The molecule has 8 heteroatoms. The minimum absolute atomic E-state index is 0.0587. The first-order chi connectivity index (χ1) is 14.0. The first-order valence-corrected chi connectivity index (χ1v) is 10.5. The number of benzene rings is 1. The van der Waals surface area contributed by atoms with Gasteiger partial charge in [0.1, 0.15) is 5.60 Å².